The Labute approximate surface area is 153 Å². The molecule has 1 aliphatic rings. The van der Waals surface area contributed by atoms with Gasteiger partial charge in [0.1, 0.15) is 0 Å². The number of rotatable bonds is 4. The van der Waals surface area contributed by atoms with Crippen molar-refractivity contribution in [2.24, 2.45) is 0 Å². The second kappa shape index (κ2) is 6.98. The SMILES string of the molecule is Cc1c(C(=O)O)cc2cc(Cl)cn2c1C(C)N1CCC(N(C)C)CC1. The number of pyridine rings is 1. The predicted octanol–water partition coefficient (Wildman–Crippen LogP) is 3.69. The number of hydrogen-bond acceptors (Lipinski definition) is 3. The molecule has 0 saturated carbocycles. The summed E-state index contributed by atoms with van der Waals surface area (Å²) < 4.78 is 2.05. The fourth-order valence-corrected chi connectivity index (χ4v) is 4.25. The van der Waals surface area contributed by atoms with Crippen LogP contribution in [-0.2, 0) is 0 Å². The van der Waals surface area contributed by atoms with E-state index in [0.29, 0.717) is 16.6 Å². The van der Waals surface area contributed by atoms with Crippen LogP contribution in [0, 0.1) is 6.92 Å². The lowest BCUT2D eigenvalue weighted by Crippen LogP contribution is -2.43. The zero-order chi connectivity index (χ0) is 18.3. The van der Waals surface area contributed by atoms with Crippen molar-refractivity contribution >= 4 is 23.1 Å². The number of piperidine rings is 1. The minimum atomic E-state index is -0.892. The van der Waals surface area contributed by atoms with Gasteiger partial charge in [0.2, 0.25) is 0 Å². The molecule has 5 nitrogen and oxygen atoms in total. The molecule has 1 unspecified atom stereocenters. The van der Waals surface area contributed by atoms with E-state index in [-0.39, 0.29) is 6.04 Å². The normalized spacial score (nSPS) is 18.2. The highest BCUT2D eigenvalue weighted by Crippen LogP contribution is 2.31. The Balaban J connectivity index is 1.99. The molecule has 2 aromatic rings. The first-order valence-corrected chi connectivity index (χ1v) is 9.12. The Kier molecular flexibility index (Phi) is 5.09. The van der Waals surface area contributed by atoms with Crippen molar-refractivity contribution in [3.63, 3.8) is 0 Å². The molecule has 0 spiro atoms. The molecule has 0 amide bonds. The average molecular weight is 364 g/mol. The van der Waals surface area contributed by atoms with Crippen molar-refractivity contribution in [1.29, 1.82) is 0 Å². The maximum absolute atomic E-state index is 11.7. The summed E-state index contributed by atoms with van der Waals surface area (Å²) in [4.78, 5) is 16.4. The molecule has 1 saturated heterocycles. The lowest BCUT2D eigenvalue weighted by atomic mass is 9.98. The molecule has 2 aromatic heterocycles. The van der Waals surface area contributed by atoms with E-state index >= 15 is 0 Å². The van der Waals surface area contributed by atoms with Crippen LogP contribution in [0.5, 0.6) is 0 Å². The van der Waals surface area contributed by atoms with Gasteiger partial charge in [0.15, 0.2) is 0 Å². The van der Waals surface area contributed by atoms with Gasteiger partial charge in [-0.3, -0.25) is 4.90 Å². The fraction of sp³-hybridized carbons (Fsp3) is 0.526. The predicted molar refractivity (Wildman–Crippen MR) is 101 cm³/mol. The lowest BCUT2D eigenvalue weighted by molar-refractivity contribution is 0.0695. The van der Waals surface area contributed by atoms with E-state index in [4.69, 9.17) is 11.6 Å². The quantitative estimate of drug-likeness (QED) is 0.900. The fourth-order valence-electron chi connectivity index (χ4n) is 4.04. The van der Waals surface area contributed by atoms with E-state index in [9.17, 15) is 9.90 Å². The van der Waals surface area contributed by atoms with Gasteiger partial charge in [-0.1, -0.05) is 11.6 Å². The summed E-state index contributed by atoms with van der Waals surface area (Å²) in [6.07, 6.45) is 4.14. The first-order valence-electron chi connectivity index (χ1n) is 8.74. The molecule has 0 radical (unpaired) electrons. The summed E-state index contributed by atoms with van der Waals surface area (Å²) in [5.74, 6) is -0.892. The molecule has 1 fully saturated rings. The van der Waals surface area contributed by atoms with Crippen LogP contribution in [0.15, 0.2) is 18.3 Å². The molecule has 0 bridgehead atoms. The Morgan fingerprint density at radius 1 is 1.32 bits per heavy atom. The van der Waals surface area contributed by atoms with Crippen LogP contribution in [0.2, 0.25) is 5.02 Å². The molecule has 25 heavy (non-hydrogen) atoms. The van der Waals surface area contributed by atoms with Gasteiger partial charge < -0.3 is 14.4 Å². The van der Waals surface area contributed by atoms with Gasteiger partial charge in [-0.25, -0.2) is 4.79 Å². The molecule has 0 aromatic carbocycles. The minimum Gasteiger partial charge on any atom is -0.478 e. The van der Waals surface area contributed by atoms with E-state index in [1.165, 1.54) is 0 Å². The number of carboxylic acid groups (broad SMARTS) is 1. The second-order valence-corrected chi connectivity index (χ2v) is 7.67. The number of hydrogen-bond donors (Lipinski definition) is 1. The topological polar surface area (TPSA) is 48.2 Å². The summed E-state index contributed by atoms with van der Waals surface area (Å²) in [6, 6.07) is 4.28. The highest BCUT2D eigenvalue weighted by molar-refractivity contribution is 6.31. The van der Waals surface area contributed by atoms with Gasteiger partial charge in [-0.2, -0.15) is 0 Å². The molecule has 136 valence electrons. The highest BCUT2D eigenvalue weighted by Gasteiger charge is 2.28. The van der Waals surface area contributed by atoms with E-state index in [1.807, 2.05) is 23.6 Å². The smallest absolute Gasteiger partial charge is 0.336 e. The van der Waals surface area contributed by atoms with Gasteiger partial charge in [0.05, 0.1) is 10.6 Å². The monoisotopic (exact) mass is 363 g/mol. The first kappa shape index (κ1) is 18.2. The van der Waals surface area contributed by atoms with Crippen LogP contribution in [0.4, 0.5) is 0 Å². The Morgan fingerprint density at radius 3 is 2.52 bits per heavy atom. The van der Waals surface area contributed by atoms with E-state index in [0.717, 1.165) is 42.7 Å². The molecule has 0 aliphatic carbocycles. The van der Waals surface area contributed by atoms with Gasteiger partial charge >= 0.3 is 5.97 Å². The molecule has 1 atom stereocenters. The van der Waals surface area contributed by atoms with Crippen LogP contribution >= 0.6 is 11.6 Å². The Bertz CT molecular complexity index is 792. The molecular formula is C19H26ClN3O2. The third kappa shape index (κ3) is 3.41. The van der Waals surface area contributed by atoms with Crippen LogP contribution < -0.4 is 0 Å². The highest BCUT2D eigenvalue weighted by atomic mass is 35.5. The first-order chi connectivity index (χ1) is 11.8. The molecule has 3 rings (SSSR count). The summed E-state index contributed by atoms with van der Waals surface area (Å²) in [7, 11) is 4.27. The van der Waals surface area contributed by atoms with Crippen molar-refractivity contribution in [1.82, 2.24) is 14.2 Å². The molecule has 1 aliphatic heterocycles. The number of carboxylic acids is 1. The third-order valence-electron chi connectivity index (χ3n) is 5.56. The summed E-state index contributed by atoms with van der Waals surface area (Å²) >= 11 is 6.20. The van der Waals surface area contributed by atoms with Crippen LogP contribution in [0.1, 0.15) is 47.4 Å². The zero-order valence-corrected chi connectivity index (χ0v) is 16.0. The van der Waals surface area contributed by atoms with Crippen molar-refractivity contribution in [3.8, 4) is 0 Å². The minimum absolute atomic E-state index is 0.133. The molecule has 3 heterocycles. The van der Waals surface area contributed by atoms with Gasteiger partial charge in [-0.05, 0) is 58.5 Å². The molecule has 1 N–H and O–H groups in total. The van der Waals surface area contributed by atoms with Gasteiger partial charge in [0.25, 0.3) is 0 Å². The maximum Gasteiger partial charge on any atom is 0.336 e. The number of aromatic carboxylic acids is 1. The summed E-state index contributed by atoms with van der Waals surface area (Å²) in [5.41, 5.74) is 3.02. The Hall–Kier alpha value is -1.56. The van der Waals surface area contributed by atoms with Crippen LogP contribution in [0.25, 0.3) is 5.52 Å². The average Bonchev–Trinajstić information content (AvgIpc) is 2.93. The standard InChI is InChI=1S/C19H26ClN3O2/c1-12-17(19(24)25)10-16-9-14(20)11-23(16)18(12)13(2)22-7-5-15(6-8-22)21(3)4/h9-11,13,15H,5-8H2,1-4H3,(H,24,25). The number of aromatic nitrogens is 1. The maximum atomic E-state index is 11.7. The van der Waals surface area contributed by atoms with E-state index in [1.54, 1.807) is 6.07 Å². The number of nitrogens with zero attached hydrogens (tertiary/aromatic N) is 3. The molecular weight excluding hydrogens is 338 g/mol. The molecule has 6 heteroatoms. The van der Waals surface area contributed by atoms with Crippen molar-refractivity contribution in [3.05, 3.63) is 40.2 Å². The number of halogens is 1. The number of likely N-dealkylation sites (tertiary alicyclic amines) is 1. The van der Waals surface area contributed by atoms with Crippen LogP contribution in [-0.4, -0.2) is 58.5 Å². The lowest BCUT2D eigenvalue weighted by Gasteiger charge is -2.39. The largest absolute Gasteiger partial charge is 0.478 e. The van der Waals surface area contributed by atoms with Crippen molar-refractivity contribution in [2.75, 3.05) is 27.2 Å². The second-order valence-electron chi connectivity index (χ2n) is 7.23. The number of fused-ring (bicyclic) bond motifs is 1. The van der Waals surface area contributed by atoms with E-state index in [2.05, 4.69) is 30.8 Å². The third-order valence-corrected chi connectivity index (χ3v) is 5.77. The van der Waals surface area contributed by atoms with Crippen molar-refractivity contribution < 1.29 is 9.90 Å². The van der Waals surface area contributed by atoms with Crippen LogP contribution in [0.3, 0.4) is 0 Å². The summed E-state index contributed by atoms with van der Waals surface area (Å²) in [6.45, 7) is 6.08. The van der Waals surface area contributed by atoms with Gasteiger partial charge in [-0.15, -0.1) is 0 Å². The zero-order valence-electron chi connectivity index (χ0n) is 15.3. The van der Waals surface area contributed by atoms with E-state index < -0.39 is 5.97 Å². The van der Waals surface area contributed by atoms with Crippen molar-refractivity contribution in [2.45, 2.75) is 38.8 Å². The number of carbonyl (C=O) groups is 1. The Morgan fingerprint density at radius 2 is 1.96 bits per heavy atom. The summed E-state index contributed by atoms with van der Waals surface area (Å²) in [5, 5.41) is 10.2. The van der Waals surface area contributed by atoms with Gasteiger partial charge in [0, 0.05) is 42.6 Å².